The molecule has 5 heteroatoms. The molecule has 0 fully saturated rings. The fourth-order valence-electron chi connectivity index (χ4n) is 2.06. The van der Waals surface area contributed by atoms with Crippen LogP contribution in [0.15, 0.2) is 29.6 Å². The van der Waals surface area contributed by atoms with Crippen molar-refractivity contribution in [1.82, 2.24) is 10.4 Å². The van der Waals surface area contributed by atoms with Crippen LogP contribution in [0.25, 0.3) is 0 Å². The third-order valence-electron chi connectivity index (χ3n) is 3.40. The van der Waals surface area contributed by atoms with E-state index in [-0.39, 0.29) is 11.5 Å². The molecule has 0 aliphatic rings. The van der Waals surface area contributed by atoms with Gasteiger partial charge in [0, 0.05) is 17.2 Å². The topological polar surface area (TPSA) is 60.2 Å². The van der Waals surface area contributed by atoms with Gasteiger partial charge in [0.2, 0.25) is 0 Å². The van der Waals surface area contributed by atoms with E-state index < -0.39 is 0 Å². The molecule has 114 valence electrons. The monoisotopic (exact) mass is 305 g/mol. The first-order valence-electron chi connectivity index (χ1n) is 6.99. The summed E-state index contributed by atoms with van der Waals surface area (Å²) < 4.78 is 5.27. The minimum atomic E-state index is 0.0269. The third-order valence-corrected chi connectivity index (χ3v) is 4.27. The number of benzene rings is 1. The molecule has 2 rings (SSSR count). The van der Waals surface area contributed by atoms with Crippen LogP contribution in [-0.2, 0) is 11.8 Å². The van der Waals surface area contributed by atoms with E-state index in [1.165, 1.54) is 0 Å². The quantitative estimate of drug-likeness (QED) is 0.658. The molecule has 0 radical (unpaired) electrons. The molecule has 0 aliphatic heterocycles. The molecule has 3 N–H and O–H groups in total. The van der Waals surface area contributed by atoms with E-state index >= 15 is 0 Å². The molecule has 0 amide bonds. The molecule has 1 heterocycles. The Labute approximate surface area is 130 Å². The summed E-state index contributed by atoms with van der Waals surface area (Å²) in [6.07, 6.45) is 0.768. The molecular weight excluding hydrogens is 282 g/mol. The molecule has 1 unspecified atom stereocenters. The second kappa shape index (κ2) is 6.56. The predicted octanol–water partition coefficient (Wildman–Crippen LogP) is 3.20. The number of ether oxygens (including phenoxy) is 1. The lowest BCUT2D eigenvalue weighted by molar-refractivity contribution is 0.413. The van der Waals surface area contributed by atoms with Crippen LogP contribution in [0.3, 0.4) is 0 Å². The third kappa shape index (κ3) is 4.03. The molecule has 0 saturated carbocycles. The smallest absolute Gasteiger partial charge is 0.119 e. The number of hydrogen-bond donors (Lipinski definition) is 2. The fourth-order valence-corrected chi connectivity index (χ4v) is 3.12. The maximum Gasteiger partial charge on any atom is 0.119 e. The molecule has 1 aromatic carbocycles. The van der Waals surface area contributed by atoms with E-state index in [1.54, 1.807) is 18.4 Å². The van der Waals surface area contributed by atoms with Gasteiger partial charge in [-0.2, -0.15) is 0 Å². The fraction of sp³-hybridized carbons (Fsp3) is 0.438. The van der Waals surface area contributed by atoms with Crippen molar-refractivity contribution in [3.63, 3.8) is 0 Å². The lowest BCUT2D eigenvalue weighted by Crippen LogP contribution is -2.29. The number of nitrogens with two attached hydrogens (primary N) is 1. The van der Waals surface area contributed by atoms with E-state index in [0.29, 0.717) is 0 Å². The van der Waals surface area contributed by atoms with Crippen molar-refractivity contribution in [2.24, 2.45) is 5.84 Å². The van der Waals surface area contributed by atoms with Crippen LogP contribution in [0.2, 0.25) is 0 Å². The lowest BCUT2D eigenvalue weighted by atomic mass is 9.93. The Balaban J connectivity index is 2.17. The summed E-state index contributed by atoms with van der Waals surface area (Å²) in [7, 11) is 1.67. The summed E-state index contributed by atoms with van der Waals surface area (Å²) >= 11 is 1.69. The second-order valence-corrected chi connectivity index (χ2v) is 7.02. The van der Waals surface area contributed by atoms with Crippen LogP contribution >= 0.6 is 11.3 Å². The highest BCUT2D eigenvalue weighted by molar-refractivity contribution is 7.09. The van der Waals surface area contributed by atoms with Crippen LogP contribution in [0.5, 0.6) is 5.75 Å². The van der Waals surface area contributed by atoms with Crippen LogP contribution in [0.4, 0.5) is 0 Å². The molecule has 0 aliphatic carbocycles. The summed E-state index contributed by atoms with van der Waals surface area (Å²) in [6.45, 7) is 6.52. The van der Waals surface area contributed by atoms with Crippen LogP contribution < -0.4 is 16.0 Å². The zero-order valence-corrected chi connectivity index (χ0v) is 13.8. The molecule has 4 nitrogen and oxygen atoms in total. The normalized spacial score (nSPS) is 13.2. The van der Waals surface area contributed by atoms with Crippen molar-refractivity contribution < 1.29 is 4.74 Å². The van der Waals surface area contributed by atoms with Gasteiger partial charge in [-0.05, 0) is 17.7 Å². The first-order chi connectivity index (χ1) is 9.94. The molecular formula is C16H23N3OS. The predicted molar refractivity (Wildman–Crippen MR) is 87.6 cm³/mol. The van der Waals surface area contributed by atoms with Crippen molar-refractivity contribution in [1.29, 1.82) is 0 Å². The zero-order valence-electron chi connectivity index (χ0n) is 13.0. The van der Waals surface area contributed by atoms with Gasteiger partial charge in [0.1, 0.15) is 5.75 Å². The van der Waals surface area contributed by atoms with Crippen molar-refractivity contribution in [3.8, 4) is 5.75 Å². The molecule has 0 saturated heterocycles. The number of nitrogens with zero attached hydrogens (tertiary/aromatic N) is 1. The molecule has 0 bridgehead atoms. The van der Waals surface area contributed by atoms with Gasteiger partial charge < -0.3 is 4.74 Å². The van der Waals surface area contributed by atoms with Gasteiger partial charge in [0.05, 0.1) is 23.9 Å². The maximum atomic E-state index is 5.72. The van der Waals surface area contributed by atoms with E-state index in [9.17, 15) is 0 Å². The van der Waals surface area contributed by atoms with E-state index in [1.807, 2.05) is 24.3 Å². The second-order valence-electron chi connectivity index (χ2n) is 6.08. The van der Waals surface area contributed by atoms with Crippen molar-refractivity contribution in [3.05, 3.63) is 45.9 Å². The van der Waals surface area contributed by atoms with Gasteiger partial charge in [-0.15, -0.1) is 11.3 Å². The molecule has 1 atom stereocenters. The number of thiazole rings is 1. The Morgan fingerprint density at radius 2 is 2.14 bits per heavy atom. The number of hydrazine groups is 1. The molecule has 21 heavy (non-hydrogen) atoms. The Kier molecular flexibility index (Phi) is 4.98. The minimum Gasteiger partial charge on any atom is -0.497 e. The van der Waals surface area contributed by atoms with Gasteiger partial charge in [0.15, 0.2) is 0 Å². The highest BCUT2D eigenvalue weighted by Crippen LogP contribution is 2.27. The average molecular weight is 305 g/mol. The number of rotatable bonds is 5. The van der Waals surface area contributed by atoms with Crippen LogP contribution in [-0.4, -0.2) is 12.1 Å². The van der Waals surface area contributed by atoms with Crippen molar-refractivity contribution in [2.45, 2.75) is 38.6 Å². The Morgan fingerprint density at radius 1 is 1.38 bits per heavy atom. The van der Waals surface area contributed by atoms with Crippen LogP contribution in [0, 0.1) is 0 Å². The van der Waals surface area contributed by atoms with Gasteiger partial charge in [-0.25, -0.2) is 4.98 Å². The summed E-state index contributed by atoms with van der Waals surface area (Å²) in [5, 5.41) is 3.22. The lowest BCUT2D eigenvalue weighted by Gasteiger charge is -2.16. The zero-order chi connectivity index (χ0) is 15.5. The van der Waals surface area contributed by atoms with Crippen molar-refractivity contribution in [2.75, 3.05) is 7.11 Å². The molecule has 2 aromatic rings. The largest absolute Gasteiger partial charge is 0.497 e. The Bertz CT molecular complexity index is 589. The average Bonchev–Trinajstić information content (AvgIpc) is 2.93. The first kappa shape index (κ1) is 15.9. The highest BCUT2D eigenvalue weighted by Gasteiger charge is 2.19. The van der Waals surface area contributed by atoms with E-state index in [4.69, 9.17) is 15.6 Å². The van der Waals surface area contributed by atoms with Crippen LogP contribution in [0.1, 0.15) is 43.1 Å². The SMILES string of the molecule is COc1cccc(C(Cc2nc(C(C)(C)C)cs2)NN)c1. The number of hydrogen-bond acceptors (Lipinski definition) is 5. The van der Waals surface area contributed by atoms with E-state index in [0.717, 1.165) is 28.4 Å². The highest BCUT2D eigenvalue weighted by atomic mass is 32.1. The van der Waals surface area contributed by atoms with Gasteiger partial charge in [-0.3, -0.25) is 11.3 Å². The summed E-state index contributed by atoms with van der Waals surface area (Å²) in [4.78, 5) is 4.73. The van der Waals surface area contributed by atoms with E-state index in [2.05, 4.69) is 31.6 Å². The molecule has 0 spiro atoms. The Morgan fingerprint density at radius 3 is 2.71 bits per heavy atom. The molecule has 1 aromatic heterocycles. The van der Waals surface area contributed by atoms with Gasteiger partial charge >= 0.3 is 0 Å². The summed E-state index contributed by atoms with van der Waals surface area (Å²) in [6, 6.07) is 7.98. The number of nitrogens with one attached hydrogen (secondary N) is 1. The summed E-state index contributed by atoms with van der Waals surface area (Å²) in [5.41, 5.74) is 5.19. The first-order valence-corrected chi connectivity index (χ1v) is 7.87. The standard InChI is InChI=1S/C16H23N3OS/c1-16(2,3)14-10-21-15(18-14)9-13(19-17)11-6-5-7-12(8-11)20-4/h5-8,10,13,19H,9,17H2,1-4H3. The minimum absolute atomic E-state index is 0.0269. The number of aromatic nitrogens is 1. The van der Waals surface area contributed by atoms with Gasteiger partial charge in [0.25, 0.3) is 0 Å². The van der Waals surface area contributed by atoms with Crippen molar-refractivity contribution >= 4 is 11.3 Å². The number of methoxy groups -OCH3 is 1. The maximum absolute atomic E-state index is 5.72. The summed E-state index contributed by atoms with van der Waals surface area (Å²) in [5.74, 6) is 6.56. The van der Waals surface area contributed by atoms with Gasteiger partial charge in [-0.1, -0.05) is 32.9 Å². The Hall–Kier alpha value is -1.43.